The molecule has 0 bridgehead atoms. The van der Waals surface area contributed by atoms with Crippen LogP contribution in [0.25, 0.3) is 0 Å². The molecule has 1 saturated carbocycles. The molecule has 1 aliphatic carbocycles. The standard InChI is InChI=1S/C13H24N2O4/c1-8-3-4-10(7-9(8)2)15-13(19)14-6-5-11(16)12(17)18/h8-11,16H,3-7H2,1-2H3,(H,17,18)(H2,14,15,19). The van der Waals surface area contributed by atoms with Crippen LogP contribution in [0, 0.1) is 11.8 Å². The highest BCUT2D eigenvalue weighted by Crippen LogP contribution is 2.29. The third kappa shape index (κ3) is 5.46. The molecule has 4 N–H and O–H groups in total. The molecule has 0 saturated heterocycles. The maximum atomic E-state index is 11.6. The lowest BCUT2D eigenvalue weighted by atomic mass is 9.79. The Hall–Kier alpha value is -1.30. The molecule has 6 nitrogen and oxygen atoms in total. The number of aliphatic hydroxyl groups is 1. The van der Waals surface area contributed by atoms with Crippen molar-refractivity contribution in [1.29, 1.82) is 0 Å². The average molecular weight is 272 g/mol. The Labute approximate surface area is 113 Å². The van der Waals surface area contributed by atoms with Gasteiger partial charge in [-0.3, -0.25) is 0 Å². The van der Waals surface area contributed by atoms with Crippen molar-refractivity contribution in [2.24, 2.45) is 11.8 Å². The van der Waals surface area contributed by atoms with Gasteiger partial charge in [-0.15, -0.1) is 0 Å². The van der Waals surface area contributed by atoms with E-state index in [9.17, 15) is 9.59 Å². The average Bonchev–Trinajstić information content (AvgIpc) is 2.33. The monoisotopic (exact) mass is 272 g/mol. The molecule has 0 aromatic rings. The van der Waals surface area contributed by atoms with Gasteiger partial charge in [0, 0.05) is 19.0 Å². The Balaban J connectivity index is 2.19. The van der Waals surface area contributed by atoms with Crippen molar-refractivity contribution in [2.75, 3.05) is 6.54 Å². The lowest BCUT2D eigenvalue weighted by Crippen LogP contribution is -2.45. The first-order chi connectivity index (χ1) is 8.90. The predicted octanol–water partition coefficient (Wildman–Crippen LogP) is 0.946. The summed E-state index contributed by atoms with van der Waals surface area (Å²) in [7, 11) is 0. The van der Waals surface area contributed by atoms with Crippen molar-refractivity contribution in [3.8, 4) is 0 Å². The molecule has 1 aliphatic rings. The first kappa shape index (κ1) is 15.8. The maximum Gasteiger partial charge on any atom is 0.332 e. The number of carbonyl (C=O) groups excluding carboxylic acids is 1. The highest BCUT2D eigenvalue weighted by Gasteiger charge is 2.25. The fourth-order valence-corrected chi connectivity index (χ4v) is 2.36. The molecule has 1 fully saturated rings. The number of aliphatic hydroxyl groups excluding tert-OH is 1. The Morgan fingerprint density at radius 1 is 1.26 bits per heavy atom. The summed E-state index contributed by atoms with van der Waals surface area (Å²) in [5, 5.41) is 23.0. The molecule has 0 aromatic heterocycles. The van der Waals surface area contributed by atoms with Gasteiger partial charge in [0.05, 0.1) is 0 Å². The van der Waals surface area contributed by atoms with Crippen LogP contribution in [0.15, 0.2) is 0 Å². The number of carboxylic acids is 1. The summed E-state index contributed by atoms with van der Waals surface area (Å²) in [4.78, 5) is 22.0. The van der Waals surface area contributed by atoms with Crippen LogP contribution in [-0.4, -0.2) is 40.9 Å². The number of carbonyl (C=O) groups is 2. The van der Waals surface area contributed by atoms with Crippen LogP contribution in [0.2, 0.25) is 0 Å². The minimum Gasteiger partial charge on any atom is -0.479 e. The Kier molecular flexibility index (Phi) is 6.08. The number of hydrogen-bond acceptors (Lipinski definition) is 3. The zero-order valence-electron chi connectivity index (χ0n) is 11.6. The Morgan fingerprint density at radius 3 is 2.53 bits per heavy atom. The van der Waals surface area contributed by atoms with Crippen LogP contribution in [0.5, 0.6) is 0 Å². The quantitative estimate of drug-likeness (QED) is 0.598. The van der Waals surface area contributed by atoms with Crippen molar-refractivity contribution in [3.63, 3.8) is 0 Å². The van der Waals surface area contributed by atoms with E-state index < -0.39 is 12.1 Å². The zero-order chi connectivity index (χ0) is 14.4. The van der Waals surface area contributed by atoms with Gasteiger partial charge < -0.3 is 20.8 Å². The van der Waals surface area contributed by atoms with Crippen LogP contribution < -0.4 is 10.6 Å². The third-order valence-corrected chi connectivity index (χ3v) is 3.92. The number of rotatable bonds is 5. The normalized spacial score (nSPS) is 28.5. The summed E-state index contributed by atoms with van der Waals surface area (Å²) >= 11 is 0. The molecule has 6 heteroatoms. The van der Waals surface area contributed by atoms with Crippen LogP contribution in [0.3, 0.4) is 0 Å². The van der Waals surface area contributed by atoms with E-state index in [4.69, 9.17) is 10.2 Å². The van der Waals surface area contributed by atoms with Crippen LogP contribution in [-0.2, 0) is 4.79 Å². The van der Waals surface area contributed by atoms with Gasteiger partial charge in [0.2, 0.25) is 0 Å². The molecule has 110 valence electrons. The van der Waals surface area contributed by atoms with E-state index in [2.05, 4.69) is 24.5 Å². The van der Waals surface area contributed by atoms with Gasteiger partial charge in [-0.25, -0.2) is 9.59 Å². The van der Waals surface area contributed by atoms with Gasteiger partial charge in [0.25, 0.3) is 0 Å². The van der Waals surface area contributed by atoms with E-state index >= 15 is 0 Å². The van der Waals surface area contributed by atoms with Crippen molar-refractivity contribution in [1.82, 2.24) is 10.6 Å². The largest absolute Gasteiger partial charge is 0.479 e. The Morgan fingerprint density at radius 2 is 1.95 bits per heavy atom. The highest BCUT2D eigenvalue weighted by atomic mass is 16.4. The highest BCUT2D eigenvalue weighted by molar-refractivity contribution is 5.74. The molecule has 0 spiro atoms. The number of hydrogen-bond donors (Lipinski definition) is 4. The number of urea groups is 1. The summed E-state index contributed by atoms with van der Waals surface area (Å²) in [6, 6.07) is -0.0973. The topological polar surface area (TPSA) is 98.7 Å². The van der Waals surface area contributed by atoms with Crippen molar-refractivity contribution in [2.45, 2.75) is 51.7 Å². The van der Waals surface area contributed by atoms with Gasteiger partial charge in [0.1, 0.15) is 0 Å². The lowest BCUT2D eigenvalue weighted by Gasteiger charge is -2.32. The fourth-order valence-electron chi connectivity index (χ4n) is 2.36. The van der Waals surface area contributed by atoms with E-state index in [1.54, 1.807) is 0 Å². The molecule has 4 atom stereocenters. The predicted molar refractivity (Wildman–Crippen MR) is 70.8 cm³/mol. The van der Waals surface area contributed by atoms with Crippen molar-refractivity contribution < 1.29 is 19.8 Å². The number of aliphatic carboxylic acids is 1. The minimum absolute atomic E-state index is 0.0147. The third-order valence-electron chi connectivity index (χ3n) is 3.92. The van der Waals surface area contributed by atoms with E-state index in [0.29, 0.717) is 11.8 Å². The Bertz CT molecular complexity index is 322. The smallest absolute Gasteiger partial charge is 0.332 e. The number of amides is 2. The SMILES string of the molecule is CC1CCC(NC(=O)NCCC(O)C(=O)O)CC1C. The molecule has 19 heavy (non-hydrogen) atoms. The van der Waals surface area contributed by atoms with Crippen LogP contribution in [0.1, 0.15) is 39.5 Å². The van der Waals surface area contributed by atoms with E-state index in [0.717, 1.165) is 19.3 Å². The molecule has 0 heterocycles. The zero-order valence-corrected chi connectivity index (χ0v) is 11.6. The number of carboxylic acid groups (broad SMARTS) is 1. The second kappa shape index (κ2) is 7.33. The first-order valence-electron chi connectivity index (χ1n) is 6.85. The van der Waals surface area contributed by atoms with Gasteiger partial charge >= 0.3 is 12.0 Å². The second-order valence-electron chi connectivity index (χ2n) is 5.51. The summed E-state index contributed by atoms with van der Waals surface area (Å²) in [6.45, 7) is 4.58. The van der Waals surface area contributed by atoms with Crippen LogP contribution >= 0.6 is 0 Å². The van der Waals surface area contributed by atoms with E-state index in [1.807, 2.05) is 0 Å². The molecular formula is C13H24N2O4. The molecule has 0 radical (unpaired) electrons. The minimum atomic E-state index is -1.42. The summed E-state index contributed by atoms with van der Waals surface area (Å²) in [6.07, 6.45) is 1.67. The van der Waals surface area contributed by atoms with E-state index in [-0.39, 0.29) is 25.0 Å². The molecule has 0 aliphatic heterocycles. The summed E-state index contributed by atoms with van der Waals surface area (Å²) < 4.78 is 0. The van der Waals surface area contributed by atoms with Crippen molar-refractivity contribution in [3.05, 3.63) is 0 Å². The number of nitrogens with one attached hydrogen (secondary N) is 2. The van der Waals surface area contributed by atoms with E-state index in [1.165, 1.54) is 0 Å². The van der Waals surface area contributed by atoms with Gasteiger partial charge in [0.15, 0.2) is 6.10 Å². The maximum absolute atomic E-state index is 11.6. The van der Waals surface area contributed by atoms with Crippen molar-refractivity contribution >= 4 is 12.0 Å². The van der Waals surface area contributed by atoms with Gasteiger partial charge in [-0.2, -0.15) is 0 Å². The molecule has 4 unspecified atom stereocenters. The molecule has 1 rings (SSSR count). The van der Waals surface area contributed by atoms with Gasteiger partial charge in [-0.1, -0.05) is 13.8 Å². The first-order valence-corrected chi connectivity index (χ1v) is 6.85. The molecule has 2 amide bonds. The summed E-state index contributed by atoms with van der Waals surface area (Å²) in [5.41, 5.74) is 0. The molecule has 0 aromatic carbocycles. The fraction of sp³-hybridized carbons (Fsp3) is 0.846. The van der Waals surface area contributed by atoms with Gasteiger partial charge in [-0.05, 0) is 31.1 Å². The summed E-state index contributed by atoms with van der Waals surface area (Å²) in [5.74, 6) is 0.0389. The lowest BCUT2D eigenvalue weighted by molar-refractivity contribution is -0.146. The molecular weight excluding hydrogens is 248 g/mol. The van der Waals surface area contributed by atoms with Crippen LogP contribution in [0.4, 0.5) is 4.79 Å². The second-order valence-corrected chi connectivity index (χ2v) is 5.51.